The summed E-state index contributed by atoms with van der Waals surface area (Å²) in [5.74, 6) is 0.617. The van der Waals surface area contributed by atoms with E-state index in [1.165, 1.54) is 11.3 Å². The first-order valence-corrected chi connectivity index (χ1v) is 11.9. The number of aromatic amines is 1. The van der Waals surface area contributed by atoms with Gasteiger partial charge in [0.1, 0.15) is 5.82 Å². The molecule has 3 aromatic carbocycles. The number of fused-ring (bicyclic) bond motifs is 1. The van der Waals surface area contributed by atoms with Crippen LogP contribution in [0.5, 0.6) is 0 Å². The van der Waals surface area contributed by atoms with Crippen LogP contribution in [0.25, 0.3) is 22.4 Å². The van der Waals surface area contributed by atoms with Gasteiger partial charge in [-0.3, -0.25) is 9.59 Å². The highest BCUT2D eigenvalue weighted by Gasteiger charge is 2.12. The molecule has 0 saturated carbocycles. The molecule has 168 valence electrons. The Hall–Kier alpha value is -3.74. The molecular weight excluding hydrogens is 466 g/mol. The zero-order chi connectivity index (χ0) is 23.7. The van der Waals surface area contributed by atoms with Crippen LogP contribution in [0.3, 0.4) is 0 Å². The number of thiophene rings is 1. The van der Waals surface area contributed by atoms with Crippen molar-refractivity contribution in [1.82, 2.24) is 9.97 Å². The molecule has 0 atom stereocenters. The van der Waals surface area contributed by atoms with Gasteiger partial charge in [0.2, 0.25) is 0 Å². The largest absolute Gasteiger partial charge is 0.338 e. The summed E-state index contributed by atoms with van der Waals surface area (Å²) in [7, 11) is 0. The Morgan fingerprint density at radius 2 is 1.85 bits per heavy atom. The first-order chi connectivity index (χ1) is 16.4. The summed E-state index contributed by atoms with van der Waals surface area (Å²) < 4.78 is 0. The molecule has 5 rings (SSSR count). The summed E-state index contributed by atoms with van der Waals surface area (Å²) in [5.41, 5.74) is 5.75. The van der Waals surface area contributed by atoms with E-state index in [0.29, 0.717) is 27.6 Å². The molecule has 2 heterocycles. The fourth-order valence-corrected chi connectivity index (χ4v) is 4.70. The number of hydrogen-bond acceptors (Lipinski definition) is 4. The van der Waals surface area contributed by atoms with Crippen molar-refractivity contribution in [1.29, 1.82) is 0 Å². The molecule has 0 fully saturated rings. The van der Waals surface area contributed by atoms with E-state index in [2.05, 4.69) is 15.3 Å². The van der Waals surface area contributed by atoms with E-state index in [9.17, 15) is 9.59 Å². The van der Waals surface area contributed by atoms with Crippen molar-refractivity contribution in [2.24, 2.45) is 0 Å². The van der Waals surface area contributed by atoms with Crippen molar-refractivity contribution in [3.8, 4) is 11.4 Å². The number of aryl methyl sites for hydroxylation is 1. The zero-order valence-electron chi connectivity index (χ0n) is 18.3. The third-order valence-electron chi connectivity index (χ3n) is 5.44. The van der Waals surface area contributed by atoms with Crippen molar-refractivity contribution >= 4 is 51.3 Å². The second kappa shape index (κ2) is 9.25. The Balaban J connectivity index is 1.31. The van der Waals surface area contributed by atoms with E-state index in [1.807, 2.05) is 73.0 Å². The zero-order valence-corrected chi connectivity index (χ0v) is 19.8. The fraction of sp³-hybridized carbons (Fsp3) is 0.0741. The molecule has 7 heteroatoms. The standard InChI is InChI=1S/C27H20ClN3O2S/c1-16-11-19(14-20(28)12-16)24(32)13-17-4-6-18(7-5-17)26-30-22-9-8-21(15-23(22)31-26)29-27(33)25-3-2-10-34-25/h2-12,14-15H,13H2,1H3,(H,29,33)(H,30,31). The molecule has 1 amide bonds. The van der Waals surface area contributed by atoms with Crippen LogP contribution in [0.4, 0.5) is 5.69 Å². The number of amides is 1. The number of halogens is 1. The lowest BCUT2D eigenvalue weighted by atomic mass is 10.0. The molecule has 5 aromatic rings. The van der Waals surface area contributed by atoms with E-state index in [1.54, 1.807) is 12.1 Å². The molecule has 0 bridgehead atoms. The van der Waals surface area contributed by atoms with E-state index >= 15 is 0 Å². The van der Waals surface area contributed by atoms with E-state index in [-0.39, 0.29) is 11.7 Å². The lowest BCUT2D eigenvalue weighted by molar-refractivity contribution is 0.0991. The monoisotopic (exact) mass is 485 g/mol. The predicted octanol–water partition coefficient (Wildman–Crippen LogP) is 6.93. The van der Waals surface area contributed by atoms with Crippen molar-refractivity contribution in [3.63, 3.8) is 0 Å². The summed E-state index contributed by atoms with van der Waals surface area (Å²) in [6.45, 7) is 1.92. The Morgan fingerprint density at radius 1 is 1.03 bits per heavy atom. The van der Waals surface area contributed by atoms with Gasteiger partial charge in [-0.15, -0.1) is 11.3 Å². The van der Waals surface area contributed by atoms with Gasteiger partial charge in [-0.1, -0.05) is 41.9 Å². The maximum absolute atomic E-state index is 12.7. The number of Topliss-reactive ketones (excluding diaryl/α,β-unsaturated/α-hetero) is 1. The van der Waals surface area contributed by atoms with Crippen molar-refractivity contribution in [2.45, 2.75) is 13.3 Å². The van der Waals surface area contributed by atoms with Gasteiger partial charge in [0, 0.05) is 28.3 Å². The maximum Gasteiger partial charge on any atom is 0.265 e. The summed E-state index contributed by atoms with van der Waals surface area (Å²) in [5, 5.41) is 5.36. The minimum atomic E-state index is -0.132. The molecule has 0 unspecified atom stereocenters. The first kappa shape index (κ1) is 22.1. The normalized spacial score (nSPS) is 11.0. The minimum Gasteiger partial charge on any atom is -0.338 e. The molecular formula is C27H20ClN3O2S. The Kier molecular flexibility index (Phi) is 6.01. The third kappa shape index (κ3) is 4.78. The highest BCUT2D eigenvalue weighted by Crippen LogP contribution is 2.24. The quantitative estimate of drug-likeness (QED) is 0.256. The van der Waals surface area contributed by atoms with Gasteiger partial charge in [-0.2, -0.15) is 0 Å². The number of benzene rings is 3. The number of carbonyl (C=O) groups is 2. The highest BCUT2D eigenvalue weighted by atomic mass is 35.5. The molecule has 5 nitrogen and oxygen atoms in total. The highest BCUT2D eigenvalue weighted by molar-refractivity contribution is 7.12. The molecule has 2 N–H and O–H groups in total. The summed E-state index contributed by atoms with van der Waals surface area (Å²) in [6.07, 6.45) is 0.299. The molecule has 0 aliphatic heterocycles. The first-order valence-electron chi connectivity index (χ1n) is 10.7. The molecule has 0 saturated heterocycles. The number of rotatable bonds is 6. The number of nitrogens with zero attached hydrogens (tertiary/aromatic N) is 1. The fourth-order valence-electron chi connectivity index (χ4n) is 3.79. The average molecular weight is 486 g/mol. The topological polar surface area (TPSA) is 74.8 Å². The number of aromatic nitrogens is 2. The molecule has 0 spiro atoms. The van der Waals surface area contributed by atoms with Gasteiger partial charge >= 0.3 is 0 Å². The summed E-state index contributed by atoms with van der Waals surface area (Å²) in [6, 6.07) is 22.4. The molecule has 2 aromatic heterocycles. The number of anilines is 1. The molecule has 0 radical (unpaired) electrons. The Morgan fingerprint density at radius 3 is 2.59 bits per heavy atom. The molecule has 0 aliphatic rings. The summed E-state index contributed by atoms with van der Waals surface area (Å²) >= 11 is 7.49. The second-order valence-corrected chi connectivity index (χ2v) is 9.45. The number of carbonyl (C=O) groups excluding carboxylic acids is 2. The maximum atomic E-state index is 12.7. The molecule has 34 heavy (non-hydrogen) atoms. The third-order valence-corrected chi connectivity index (χ3v) is 6.53. The van der Waals surface area contributed by atoms with Crippen LogP contribution in [0.1, 0.15) is 31.2 Å². The van der Waals surface area contributed by atoms with Gasteiger partial charge in [-0.25, -0.2) is 4.98 Å². The Labute approximate surface area is 205 Å². The smallest absolute Gasteiger partial charge is 0.265 e. The second-order valence-electron chi connectivity index (χ2n) is 8.06. The number of hydrogen-bond donors (Lipinski definition) is 2. The predicted molar refractivity (Wildman–Crippen MR) is 138 cm³/mol. The molecule has 0 aliphatic carbocycles. The van der Waals surface area contributed by atoms with Crippen molar-refractivity contribution in [2.75, 3.05) is 5.32 Å². The van der Waals surface area contributed by atoms with Crippen LogP contribution in [0.2, 0.25) is 5.02 Å². The van der Waals surface area contributed by atoms with Gasteiger partial charge < -0.3 is 10.3 Å². The van der Waals surface area contributed by atoms with Crippen LogP contribution in [0, 0.1) is 6.92 Å². The summed E-state index contributed by atoms with van der Waals surface area (Å²) in [4.78, 5) is 33.6. The van der Waals surface area contributed by atoms with E-state index in [0.717, 1.165) is 33.5 Å². The van der Waals surface area contributed by atoms with Gasteiger partial charge in [-0.05, 0) is 65.9 Å². The minimum absolute atomic E-state index is 0.0270. The lowest BCUT2D eigenvalue weighted by Crippen LogP contribution is -2.09. The van der Waals surface area contributed by atoms with Gasteiger partial charge in [0.05, 0.1) is 15.9 Å². The SMILES string of the molecule is Cc1cc(Cl)cc(C(=O)Cc2ccc(-c3nc4ccc(NC(=O)c5cccs5)cc4[nH]3)cc2)c1. The van der Waals surface area contributed by atoms with E-state index in [4.69, 9.17) is 11.6 Å². The number of nitrogens with one attached hydrogen (secondary N) is 2. The van der Waals surface area contributed by atoms with Gasteiger partial charge in [0.25, 0.3) is 5.91 Å². The average Bonchev–Trinajstić information content (AvgIpc) is 3.49. The van der Waals surface area contributed by atoms with Crippen LogP contribution in [0.15, 0.2) is 78.2 Å². The number of imidazole rings is 1. The van der Waals surface area contributed by atoms with Crippen LogP contribution < -0.4 is 5.32 Å². The lowest BCUT2D eigenvalue weighted by Gasteiger charge is -2.05. The number of H-pyrrole nitrogens is 1. The van der Waals surface area contributed by atoms with Crippen LogP contribution >= 0.6 is 22.9 Å². The van der Waals surface area contributed by atoms with E-state index < -0.39 is 0 Å². The van der Waals surface area contributed by atoms with Crippen molar-refractivity contribution < 1.29 is 9.59 Å². The van der Waals surface area contributed by atoms with Crippen molar-refractivity contribution in [3.05, 3.63) is 105 Å². The number of ketones is 1. The van der Waals surface area contributed by atoms with Crippen LogP contribution in [-0.4, -0.2) is 21.7 Å². The Bertz CT molecular complexity index is 1480. The van der Waals surface area contributed by atoms with Gasteiger partial charge in [0.15, 0.2) is 5.78 Å². The van der Waals surface area contributed by atoms with Crippen LogP contribution in [-0.2, 0) is 6.42 Å².